The average Bonchev–Trinajstić information content (AvgIpc) is 2.72. The molecule has 0 radical (unpaired) electrons. The van der Waals surface area contributed by atoms with Gasteiger partial charge in [0.05, 0.1) is 6.54 Å². The predicted molar refractivity (Wildman–Crippen MR) is 67.7 cm³/mol. The molecule has 1 atom stereocenters. The van der Waals surface area contributed by atoms with Crippen LogP contribution in [0, 0.1) is 0 Å². The molecular weight excluding hydrogens is 236 g/mol. The summed E-state index contributed by atoms with van der Waals surface area (Å²) in [7, 11) is 1.93. The Kier molecular flexibility index (Phi) is 3.76. The molecule has 0 aliphatic heterocycles. The molecule has 0 unspecified atom stereocenters. The van der Waals surface area contributed by atoms with Crippen molar-refractivity contribution in [3.8, 4) is 0 Å². The van der Waals surface area contributed by atoms with E-state index in [-0.39, 0.29) is 6.04 Å². The van der Waals surface area contributed by atoms with Gasteiger partial charge in [0.25, 0.3) is 0 Å². The summed E-state index contributed by atoms with van der Waals surface area (Å²) in [4.78, 5) is 0. The first kappa shape index (κ1) is 12.1. The molecule has 5 heteroatoms. The molecule has 1 heterocycles. The smallest absolute Gasteiger partial charge is 0.146 e. The third-order valence-electron chi connectivity index (χ3n) is 2.74. The Morgan fingerprint density at radius 1 is 1.41 bits per heavy atom. The standard InChI is InChI=1S/C12H15ClN4/c1-9(10-5-3-4-6-11(10)13)14-7-12-16-15-8-17(12)2/h3-6,8-9,14H,7H2,1-2H3/t9-/m0/s1. The number of benzene rings is 1. The van der Waals surface area contributed by atoms with Gasteiger partial charge in [0.2, 0.25) is 0 Å². The van der Waals surface area contributed by atoms with Crippen LogP contribution in [0.4, 0.5) is 0 Å². The van der Waals surface area contributed by atoms with E-state index >= 15 is 0 Å². The summed E-state index contributed by atoms with van der Waals surface area (Å²) >= 11 is 6.14. The summed E-state index contributed by atoms with van der Waals surface area (Å²) in [5, 5.41) is 12.0. The maximum Gasteiger partial charge on any atom is 0.146 e. The lowest BCUT2D eigenvalue weighted by molar-refractivity contribution is 0.548. The van der Waals surface area contributed by atoms with Crippen LogP contribution in [0.3, 0.4) is 0 Å². The van der Waals surface area contributed by atoms with Gasteiger partial charge in [0, 0.05) is 18.1 Å². The van der Waals surface area contributed by atoms with E-state index in [0.717, 1.165) is 16.4 Å². The third kappa shape index (κ3) is 2.84. The second-order valence-electron chi connectivity index (χ2n) is 3.98. The largest absolute Gasteiger partial charge is 0.320 e. The number of hydrogen-bond donors (Lipinski definition) is 1. The fourth-order valence-corrected chi connectivity index (χ4v) is 1.95. The van der Waals surface area contributed by atoms with Crippen LogP contribution in [0.15, 0.2) is 30.6 Å². The second-order valence-corrected chi connectivity index (χ2v) is 4.39. The molecular formula is C12H15ClN4. The molecule has 1 aromatic heterocycles. The zero-order chi connectivity index (χ0) is 12.3. The van der Waals surface area contributed by atoms with Crippen LogP contribution in [0.1, 0.15) is 24.4 Å². The average molecular weight is 251 g/mol. The number of nitrogens with one attached hydrogen (secondary N) is 1. The van der Waals surface area contributed by atoms with Crippen LogP contribution in [0.5, 0.6) is 0 Å². The van der Waals surface area contributed by atoms with Crippen LogP contribution >= 0.6 is 11.6 Å². The Labute approximate surface area is 106 Å². The number of aryl methyl sites for hydroxylation is 1. The summed E-state index contributed by atoms with van der Waals surface area (Å²) < 4.78 is 1.90. The first-order valence-electron chi connectivity index (χ1n) is 5.49. The van der Waals surface area contributed by atoms with Gasteiger partial charge in [-0.05, 0) is 18.6 Å². The van der Waals surface area contributed by atoms with Crippen LogP contribution in [-0.4, -0.2) is 14.8 Å². The van der Waals surface area contributed by atoms with Gasteiger partial charge in [-0.3, -0.25) is 0 Å². The van der Waals surface area contributed by atoms with E-state index < -0.39 is 0 Å². The molecule has 1 aromatic carbocycles. The molecule has 0 amide bonds. The van der Waals surface area contributed by atoms with E-state index in [1.54, 1.807) is 6.33 Å². The van der Waals surface area contributed by atoms with Crippen LogP contribution in [0.2, 0.25) is 5.02 Å². The van der Waals surface area contributed by atoms with Crippen molar-refractivity contribution in [3.63, 3.8) is 0 Å². The van der Waals surface area contributed by atoms with Gasteiger partial charge in [0.15, 0.2) is 0 Å². The maximum atomic E-state index is 6.14. The maximum absolute atomic E-state index is 6.14. The minimum atomic E-state index is 0.181. The second kappa shape index (κ2) is 5.29. The Morgan fingerprint density at radius 2 is 2.18 bits per heavy atom. The van der Waals surface area contributed by atoms with Gasteiger partial charge in [-0.1, -0.05) is 29.8 Å². The van der Waals surface area contributed by atoms with Gasteiger partial charge < -0.3 is 9.88 Å². The van der Waals surface area contributed by atoms with Crippen molar-refractivity contribution in [1.82, 2.24) is 20.1 Å². The van der Waals surface area contributed by atoms with Crippen molar-refractivity contribution < 1.29 is 0 Å². The SMILES string of the molecule is C[C@H](NCc1nncn1C)c1ccccc1Cl. The quantitative estimate of drug-likeness (QED) is 0.906. The minimum absolute atomic E-state index is 0.181. The van der Waals surface area contributed by atoms with E-state index in [1.165, 1.54) is 0 Å². The topological polar surface area (TPSA) is 42.7 Å². The third-order valence-corrected chi connectivity index (χ3v) is 3.09. The van der Waals surface area contributed by atoms with Crippen LogP contribution in [-0.2, 0) is 13.6 Å². The lowest BCUT2D eigenvalue weighted by Crippen LogP contribution is -2.20. The summed E-state index contributed by atoms with van der Waals surface area (Å²) in [5.41, 5.74) is 1.09. The molecule has 4 nitrogen and oxygen atoms in total. The van der Waals surface area contributed by atoms with Gasteiger partial charge in [-0.2, -0.15) is 0 Å². The Morgan fingerprint density at radius 3 is 2.82 bits per heavy atom. The summed E-state index contributed by atoms with van der Waals surface area (Å²) in [6.45, 7) is 2.75. The highest BCUT2D eigenvalue weighted by Crippen LogP contribution is 2.22. The Bertz CT molecular complexity index is 495. The highest BCUT2D eigenvalue weighted by Gasteiger charge is 2.09. The minimum Gasteiger partial charge on any atom is -0.320 e. The number of aromatic nitrogens is 3. The van der Waals surface area contributed by atoms with E-state index in [2.05, 4.69) is 22.4 Å². The molecule has 2 aromatic rings. The molecule has 0 spiro atoms. The van der Waals surface area contributed by atoms with E-state index in [0.29, 0.717) is 6.54 Å². The Hall–Kier alpha value is -1.39. The van der Waals surface area contributed by atoms with E-state index in [9.17, 15) is 0 Å². The predicted octanol–water partition coefficient (Wildman–Crippen LogP) is 2.32. The molecule has 17 heavy (non-hydrogen) atoms. The molecule has 0 fully saturated rings. The van der Waals surface area contributed by atoms with Gasteiger partial charge >= 0.3 is 0 Å². The van der Waals surface area contributed by atoms with Crippen molar-refractivity contribution >= 4 is 11.6 Å². The Balaban J connectivity index is 2.01. The first-order chi connectivity index (χ1) is 8.18. The zero-order valence-electron chi connectivity index (χ0n) is 9.89. The van der Waals surface area contributed by atoms with Gasteiger partial charge in [-0.25, -0.2) is 0 Å². The highest BCUT2D eigenvalue weighted by molar-refractivity contribution is 6.31. The molecule has 90 valence electrons. The summed E-state index contributed by atoms with van der Waals surface area (Å²) in [6.07, 6.45) is 1.69. The molecule has 0 bridgehead atoms. The fourth-order valence-electron chi connectivity index (χ4n) is 1.65. The van der Waals surface area contributed by atoms with Gasteiger partial charge in [-0.15, -0.1) is 10.2 Å². The van der Waals surface area contributed by atoms with Crippen molar-refractivity contribution in [3.05, 3.63) is 47.0 Å². The van der Waals surface area contributed by atoms with Crippen molar-refractivity contribution in [1.29, 1.82) is 0 Å². The van der Waals surface area contributed by atoms with Crippen molar-refractivity contribution in [2.45, 2.75) is 19.5 Å². The zero-order valence-corrected chi connectivity index (χ0v) is 10.6. The molecule has 0 saturated carbocycles. The number of rotatable bonds is 4. The lowest BCUT2D eigenvalue weighted by atomic mass is 10.1. The van der Waals surface area contributed by atoms with Crippen LogP contribution in [0.25, 0.3) is 0 Å². The highest BCUT2D eigenvalue weighted by atomic mass is 35.5. The number of nitrogens with zero attached hydrogens (tertiary/aromatic N) is 3. The van der Waals surface area contributed by atoms with E-state index in [1.807, 2.05) is 35.9 Å². The lowest BCUT2D eigenvalue weighted by Gasteiger charge is -2.15. The van der Waals surface area contributed by atoms with E-state index in [4.69, 9.17) is 11.6 Å². The molecule has 1 N–H and O–H groups in total. The number of halogens is 1. The molecule has 0 aliphatic rings. The van der Waals surface area contributed by atoms with Gasteiger partial charge in [0.1, 0.15) is 12.2 Å². The van der Waals surface area contributed by atoms with Crippen molar-refractivity contribution in [2.24, 2.45) is 7.05 Å². The molecule has 0 saturated heterocycles. The normalized spacial score (nSPS) is 12.6. The fraction of sp³-hybridized carbons (Fsp3) is 0.333. The summed E-state index contributed by atoms with van der Waals surface area (Å²) in [5.74, 6) is 0.906. The monoisotopic (exact) mass is 250 g/mol. The van der Waals surface area contributed by atoms with Crippen molar-refractivity contribution in [2.75, 3.05) is 0 Å². The first-order valence-corrected chi connectivity index (χ1v) is 5.87. The molecule has 2 rings (SSSR count). The molecule has 0 aliphatic carbocycles. The summed E-state index contributed by atoms with van der Waals surface area (Å²) in [6, 6.07) is 8.03. The van der Waals surface area contributed by atoms with Crippen LogP contribution < -0.4 is 5.32 Å². The number of hydrogen-bond acceptors (Lipinski definition) is 3.